The highest BCUT2D eigenvalue weighted by Crippen LogP contribution is 2.19. The van der Waals surface area contributed by atoms with Gasteiger partial charge in [-0.15, -0.1) is 0 Å². The lowest BCUT2D eigenvalue weighted by molar-refractivity contribution is 0.241. The Morgan fingerprint density at radius 3 is 2.67 bits per heavy atom. The molecule has 0 aromatic carbocycles. The zero-order chi connectivity index (χ0) is 11.3. The average Bonchev–Trinajstić information content (AvgIpc) is 2.63. The lowest BCUT2D eigenvalue weighted by atomic mass is 10.2. The monoisotopic (exact) mass is 207 g/mol. The Morgan fingerprint density at radius 2 is 2.20 bits per heavy atom. The average molecular weight is 207 g/mol. The first-order chi connectivity index (χ1) is 7.11. The van der Waals surface area contributed by atoms with E-state index in [0.717, 1.165) is 17.0 Å². The van der Waals surface area contributed by atoms with Gasteiger partial charge in [0.05, 0.1) is 12.4 Å². The maximum Gasteiger partial charge on any atom is 0.175 e. The molecule has 0 aliphatic carbocycles. The summed E-state index contributed by atoms with van der Waals surface area (Å²) < 4.78 is 10.5. The van der Waals surface area contributed by atoms with Crippen molar-refractivity contribution in [3.63, 3.8) is 0 Å². The van der Waals surface area contributed by atoms with Crippen molar-refractivity contribution < 1.29 is 9.15 Å². The topological polar surface area (TPSA) is 34.7 Å². The summed E-state index contributed by atoms with van der Waals surface area (Å²) in [4.78, 5) is 4.24. The minimum atomic E-state index is 0.142. The van der Waals surface area contributed by atoms with Crippen LogP contribution in [-0.4, -0.2) is 12.5 Å². The Hall–Kier alpha value is -1.51. The maximum atomic E-state index is 5.29. The van der Waals surface area contributed by atoms with Gasteiger partial charge in [0, 0.05) is 0 Å². The molecule has 0 unspecified atom stereocenters. The molecule has 1 aromatic heterocycles. The van der Waals surface area contributed by atoms with Crippen molar-refractivity contribution in [3.8, 4) is 0 Å². The molecule has 15 heavy (non-hydrogen) atoms. The van der Waals surface area contributed by atoms with Gasteiger partial charge >= 0.3 is 0 Å². The van der Waals surface area contributed by atoms with E-state index in [9.17, 15) is 0 Å². The van der Waals surface area contributed by atoms with Crippen LogP contribution in [0.2, 0.25) is 0 Å². The number of furan rings is 1. The summed E-state index contributed by atoms with van der Waals surface area (Å²) in [5.41, 5.74) is 1.91. The molecule has 0 spiro atoms. The van der Waals surface area contributed by atoms with Gasteiger partial charge in [-0.3, -0.25) is 0 Å². The second-order valence-corrected chi connectivity index (χ2v) is 3.75. The largest absolute Gasteiger partial charge is 0.481 e. The quantitative estimate of drug-likeness (QED) is 0.559. The lowest BCUT2D eigenvalue weighted by Gasteiger charge is -2.04. The van der Waals surface area contributed by atoms with Gasteiger partial charge in [0.2, 0.25) is 0 Å². The van der Waals surface area contributed by atoms with Crippen molar-refractivity contribution >= 4 is 12.1 Å². The molecule has 0 atom stereocenters. The third-order valence-electron chi connectivity index (χ3n) is 1.74. The first-order valence-corrected chi connectivity index (χ1v) is 5.00. The van der Waals surface area contributed by atoms with Crippen molar-refractivity contribution in [2.45, 2.75) is 33.8 Å². The summed E-state index contributed by atoms with van der Waals surface area (Å²) in [6.07, 6.45) is 3.25. The van der Waals surface area contributed by atoms with Crippen molar-refractivity contribution in [1.29, 1.82) is 0 Å². The fraction of sp³-hybridized carbons (Fsp3) is 0.417. The molecule has 0 N–H and O–H groups in total. The smallest absolute Gasteiger partial charge is 0.175 e. The molecular formula is C12H17NO2. The van der Waals surface area contributed by atoms with Gasteiger partial charge in [-0.05, 0) is 45.4 Å². The highest BCUT2D eigenvalue weighted by molar-refractivity contribution is 5.70. The highest BCUT2D eigenvalue weighted by Gasteiger charge is 2.04. The van der Waals surface area contributed by atoms with Crippen molar-refractivity contribution in [2.75, 3.05) is 0 Å². The zero-order valence-electron chi connectivity index (χ0n) is 9.65. The zero-order valence-corrected chi connectivity index (χ0v) is 9.65. The number of ether oxygens (including phenoxy) is 1. The van der Waals surface area contributed by atoms with E-state index >= 15 is 0 Å². The Kier molecular flexibility index (Phi) is 4.16. The molecular weight excluding hydrogens is 190 g/mol. The van der Waals surface area contributed by atoms with Crippen LogP contribution >= 0.6 is 0 Å². The number of hydrogen-bond acceptors (Lipinski definition) is 3. The first kappa shape index (κ1) is 11.6. The molecule has 0 amide bonds. The number of rotatable bonds is 4. The van der Waals surface area contributed by atoms with Crippen LogP contribution in [0.5, 0.6) is 0 Å². The van der Waals surface area contributed by atoms with Gasteiger partial charge < -0.3 is 9.15 Å². The number of allylic oxidation sites excluding steroid dienone is 1. The molecule has 0 aliphatic heterocycles. The molecule has 0 bridgehead atoms. The van der Waals surface area contributed by atoms with E-state index in [0.29, 0.717) is 0 Å². The second-order valence-electron chi connectivity index (χ2n) is 3.75. The third-order valence-corrected chi connectivity index (χ3v) is 1.74. The van der Waals surface area contributed by atoms with Crippen molar-refractivity contribution in [1.82, 2.24) is 0 Å². The molecule has 1 aromatic rings. The predicted octanol–water partition coefficient (Wildman–Crippen LogP) is 3.48. The van der Waals surface area contributed by atoms with Crippen LogP contribution in [0.1, 0.15) is 33.5 Å². The maximum absolute atomic E-state index is 5.29. The van der Waals surface area contributed by atoms with Gasteiger partial charge in [-0.1, -0.05) is 0 Å². The standard InChI is InChI=1S/C12H17NO2/c1-9(2)12(11-6-5-7-14-11)13-8-15-10(3)4/h5-8,10H,1-4H3. The van der Waals surface area contributed by atoms with Crippen LogP contribution in [0.25, 0.3) is 5.70 Å². The van der Waals surface area contributed by atoms with E-state index in [4.69, 9.17) is 9.15 Å². The summed E-state index contributed by atoms with van der Waals surface area (Å²) in [7, 11) is 0. The molecule has 0 saturated heterocycles. The Bertz CT molecular complexity index is 344. The van der Waals surface area contributed by atoms with Crippen LogP contribution in [0.15, 0.2) is 33.4 Å². The molecule has 3 nitrogen and oxygen atoms in total. The van der Waals surface area contributed by atoms with Crippen molar-refractivity contribution in [2.24, 2.45) is 4.99 Å². The molecule has 82 valence electrons. The van der Waals surface area contributed by atoms with E-state index in [2.05, 4.69) is 4.99 Å². The normalized spacial score (nSPS) is 11.0. The van der Waals surface area contributed by atoms with Crippen LogP contribution in [-0.2, 0) is 4.74 Å². The summed E-state index contributed by atoms with van der Waals surface area (Å²) in [6.45, 7) is 7.90. The number of aliphatic imine (C=N–C) groups is 1. The van der Waals surface area contributed by atoms with Crippen LogP contribution in [0.4, 0.5) is 0 Å². The molecule has 0 aliphatic rings. The molecule has 0 radical (unpaired) electrons. The molecule has 1 heterocycles. The lowest BCUT2D eigenvalue weighted by Crippen LogP contribution is -1.99. The molecule has 1 rings (SSSR count). The van der Waals surface area contributed by atoms with E-state index in [-0.39, 0.29) is 6.10 Å². The summed E-state index contributed by atoms with van der Waals surface area (Å²) in [5.74, 6) is 0.763. The third kappa shape index (κ3) is 3.62. The second kappa shape index (κ2) is 5.39. The predicted molar refractivity (Wildman–Crippen MR) is 61.7 cm³/mol. The van der Waals surface area contributed by atoms with Gasteiger partial charge in [-0.25, -0.2) is 4.99 Å². The van der Waals surface area contributed by atoms with Gasteiger partial charge in [0.1, 0.15) is 5.70 Å². The van der Waals surface area contributed by atoms with Gasteiger partial charge in [0.25, 0.3) is 0 Å². The van der Waals surface area contributed by atoms with Crippen LogP contribution < -0.4 is 0 Å². The first-order valence-electron chi connectivity index (χ1n) is 5.00. The highest BCUT2D eigenvalue weighted by atomic mass is 16.5. The minimum absolute atomic E-state index is 0.142. The van der Waals surface area contributed by atoms with Crippen LogP contribution in [0, 0.1) is 0 Å². The van der Waals surface area contributed by atoms with E-state index in [1.807, 2.05) is 39.8 Å². The van der Waals surface area contributed by atoms with Gasteiger partial charge in [-0.2, -0.15) is 0 Å². The Balaban J connectivity index is 2.79. The van der Waals surface area contributed by atoms with E-state index in [1.165, 1.54) is 6.40 Å². The van der Waals surface area contributed by atoms with Crippen LogP contribution in [0.3, 0.4) is 0 Å². The van der Waals surface area contributed by atoms with Crippen molar-refractivity contribution in [3.05, 3.63) is 29.7 Å². The SMILES string of the molecule is CC(C)=C(N=COC(C)C)c1ccco1. The summed E-state index contributed by atoms with van der Waals surface area (Å²) in [6, 6.07) is 3.73. The minimum Gasteiger partial charge on any atom is -0.481 e. The molecule has 3 heteroatoms. The molecule has 0 saturated carbocycles. The van der Waals surface area contributed by atoms with E-state index < -0.39 is 0 Å². The Morgan fingerprint density at radius 1 is 1.47 bits per heavy atom. The molecule has 0 fully saturated rings. The fourth-order valence-electron chi connectivity index (χ4n) is 1.06. The van der Waals surface area contributed by atoms with E-state index in [1.54, 1.807) is 6.26 Å². The Labute approximate surface area is 90.5 Å². The number of nitrogens with zero attached hydrogens (tertiary/aromatic N) is 1. The van der Waals surface area contributed by atoms with Gasteiger partial charge in [0.15, 0.2) is 12.2 Å². The summed E-state index contributed by atoms with van der Waals surface area (Å²) in [5, 5.41) is 0. The number of hydrogen-bond donors (Lipinski definition) is 0. The summed E-state index contributed by atoms with van der Waals surface area (Å²) >= 11 is 0. The fourth-order valence-corrected chi connectivity index (χ4v) is 1.06.